The van der Waals surface area contributed by atoms with Crippen molar-refractivity contribution >= 4 is 10.1 Å². The number of hydrogen-bond acceptors (Lipinski definition) is 9. The molecule has 12 heteroatoms. The maximum Gasteiger partial charge on any atom is 0.361 e. The van der Waals surface area contributed by atoms with E-state index in [1.54, 1.807) is 18.3 Å². The fraction of sp³-hybridized carbons (Fsp3) is 0. The van der Waals surface area contributed by atoms with Crippen molar-refractivity contribution in [1.29, 1.82) is 0 Å². The zero-order valence-corrected chi connectivity index (χ0v) is 24.1. The lowest BCUT2D eigenvalue weighted by Gasteiger charge is -2.17. The SMILES string of the molecule is O=S(=O)([O-])c1ccc(-c2cc(-c3ccccc3)cc(-c3ccc(-c4cnc(-c5ccccc5)o4)cc3)[o+]2)cc1.[O-][Cl+3]([O-])([O-])[O-]. The standard InChI is InChI=1S/C32H21NO5S.ClHO4/c34-39(35,36)28-17-15-24(16-18-28)30-20-27(22-7-3-1-4-8-22)19-29(37-30)23-11-13-25(14-12-23)31-21-33-32(38-31)26-9-5-2-6-10-26;2-1(3,4)5/h1-21H;(H,2,3,4,5)/p-1. The zero-order chi connectivity index (χ0) is 31.3. The van der Waals surface area contributed by atoms with E-state index in [4.69, 9.17) is 27.5 Å². The van der Waals surface area contributed by atoms with Crippen LogP contribution in [0.1, 0.15) is 0 Å². The van der Waals surface area contributed by atoms with Gasteiger partial charge < -0.3 is 8.97 Å². The van der Waals surface area contributed by atoms with Gasteiger partial charge in [0.2, 0.25) is 5.89 Å². The Bertz CT molecular complexity index is 1950. The Morgan fingerprint density at radius 1 is 0.591 bits per heavy atom. The van der Waals surface area contributed by atoms with Crippen molar-refractivity contribution in [2.45, 2.75) is 4.90 Å². The maximum absolute atomic E-state index is 11.4. The molecule has 4 aromatic carbocycles. The molecule has 6 aromatic rings. The lowest BCUT2D eigenvalue weighted by atomic mass is 10.0. The fourth-order valence-corrected chi connectivity index (χ4v) is 4.76. The summed E-state index contributed by atoms with van der Waals surface area (Å²) >= 11 is 0. The third-order valence-electron chi connectivity index (χ3n) is 6.31. The monoisotopic (exact) mass is 630 g/mol. The summed E-state index contributed by atoms with van der Waals surface area (Å²) in [5.41, 5.74) is 5.21. The second-order valence-corrected chi connectivity index (χ2v) is 11.4. The van der Waals surface area contributed by atoms with Gasteiger partial charge in [-0.3, -0.25) is 0 Å². The summed E-state index contributed by atoms with van der Waals surface area (Å²) in [6.07, 6.45) is 1.71. The van der Waals surface area contributed by atoms with Crippen molar-refractivity contribution < 1.29 is 50.7 Å². The molecule has 222 valence electrons. The van der Waals surface area contributed by atoms with Crippen LogP contribution in [0.5, 0.6) is 0 Å². The van der Waals surface area contributed by atoms with Gasteiger partial charge >= 0.3 is 11.5 Å². The topological polar surface area (TPSA) is 187 Å². The first-order valence-electron chi connectivity index (χ1n) is 12.8. The average Bonchev–Trinajstić information content (AvgIpc) is 3.51. The zero-order valence-electron chi connectivity index (χ0n) is 22.5. The third-order valence-corrected chi connectivity index (χ3v) is 7.16. The quantitative estimate of drug-likeness (QED) is 0.195. The van der Waals surface area contributed by atoms with Crippen molar-refractivity contribution in [2.24, 2.45) is 0 Å². The van der Waals surface area contributed by atoms with Crippen LogP contribution in [0.2, 0.25) is 0 Å². The van der Waals surface area contributed by atoms with Crippen molar-refractivity contribution in [3.63, 3.8) is 0 Å². The molecule has 2 heterocycles. The highest BCUT2D eigenvalue weighted by Crippen LogP contribution is 2.34. The van der Waals surface area contributed by atoms with Crippen LogP contribution in [0.3, 0.4) is 0 Å². The minimum absolute atomic E-state index is 0.288. The van der Waals surface area contributed by atoms with E-state index in [9.17, 15) is 13.0 Å². The van der Waals surface area contributed by atoms with E-state index in [0.717, 1.165) is 27.8 Å². The number of aromatic nitrogens is 1. The molecule has 0 spiro atoms. The predicted octanol–water partition coefficient (Wildman–Crippen LogP) is 3.03. The largest absolute Gasteiger partial charge is 0.744 e. The normalized spacial score (nSPS) is 11.5. The van der Waals surface area contributed by atoms with Gasteiger partial charge in [0.1, 0.15) is 10.1 Å². The minimum atomic E-state index is -4.94. The van der Waals surface area contributed by atoms with Gasteiger partial charge in [0.15, 0.2) is 5.76 Å². The summed E-state index contributed by atoms with van der Waals surface area (Å²) in [4.78, 5) is 4.12. The van der Waals surface area contributed by atoms with E-state index < -0.39 is 20.4 Å². The molecule has 0 amide bonds. The molecule has 0 saturated carbocycles. The molecule has 0 aliphatic heterocycles. The molecule has 0 unspecified atom stereocenters. The summed E-state index contributed by atoms with van der Waals surface area (Å²) in [6.45, 7) is 0. The lowest BCUT2D eigenvalue weighted by molar-refractivity contribution is -2.00. The highest BCUT2D eigenvalue weighted by molar-refractivity contribution is 7.85. The Hall–Kier alpha value is -4.72. The molecule has 0 atom stereocenters. The van der Waals surface area contributed by atoms with Crippen LogP contribution in [0.15, 0.2) is 141 Å². The van der Waals surface area contributed by atoms with Gasteiger partial charge in [-0.2, -0.15) is 0 Å². The van der Waals surface area contributed by atoms with Crippen molar-refractivity contribution in [2.75, 3.05) is 0 Å². The van der Waals surface area contributed by atoms with Gasteiger partial charge in [-0.1, -0.05) is 60.7 Å². The summed E-state index contributed by atoms with van der Waals surface area (Å²) in [5.74, 6) is 2.37. The van der Waals surface area contributed by atoms with Gasteiger partial charge in [0.25, 0.3) is 0 Å². The van der Waals surface area contributed by atoms with Gasteiger partial charge in [0.05, 0.1) is 34.4 Å². The molecule has 0 radical (unpaired) electrons. The van der Waals surface area contributed by atoms with Crippen LogP contribution in [-0.2, 0) is 10.1 Å². The molecule has 0 fully saturated rings. The number of halogens is 1. The molecule has 0 N–H and O–H groups in total. The van der Waals surface area contributed by atoms with Crippen LogP contribution in [0, 0.1) is 10.2 Å². The predicted molar refractivity (Wildman–Crippen MR) is 148 cm³/mol. The first-order valence-corrected chi connectivity index (χ1v) is 15.4. The third kappa shape index (κ3) is 8.01. The van der Waals surface area contributed by atoms with Gasteiger partial charge in [-0.15, -0.1) is 10.2 Å². The van der Waals surface area contributed by atoms with E-state index in [0.29, 0.717) is 28.7 Å². The molecule has 0 aliphatic rings. The average molecular weight is 631 g/mol. The number of oxazole rings is 1. The Balaban J connectivity index is 0.000000712. The number of nitrogens with zero attached hydrogens (tertiary/aromatic N) is 1. The first kappa shape index (κ1) is 30.7. The van der Waals surface area contributed by atoms with E-state index in [1.165, 1.54) is 12.1 Å². The van der Waals surface area contributed by atoms with E-state index in [-0.39, 0.29) is 4.90 Å². The van der Waals surface area contributed by atoms with E-state index >= 15 is 0 Å². The highest BCUT2D eigenvalue weighted by atomic mass is 35.7. The van der Waals surface area contributed by atoms with Crippen LogP contribution in [-0.4, -0.2) is 18.0 Å². The van der Waals surface area contributed by atoms with Gasteiger partial charge in [-0.25, -0.2) is 36.5 Å². The van der Waals surface area contributed by atoms with Gasteiger partial charge in [0, 0.05) is 16.7 Å². The van der Waals surface area contributed by atoms with Crippen molar-refractivity contribution in [3.8, 4) is 56.6 Å². The molecular formula is C32H21ClNO9S-. The number of benzene rings is 4. The molecule has 44 heavy (non-hydrogen) atoms. The number of rotatable bonds is 6. The van der Waals surface area contributed by atoms with Crippen LogP contribution < -0.4 is 18.6 Å². The van der Waals surface area contributed by atoms with E-state index in [1.807, 2.05) is 97.1 Å². The van der Waals surface area contributed by atoms with Crippen LogP contribution in [0.25, 0.3) is 56.6 Å². The Morgan fingerprint density at radius 2 is 1.05 bits per heavy atom. The molecular weight excluding hydrogens is 610 g/mol. The Kier molecular flexibility index (Phi) is 8.99. The smallest absolute Gasteiger partial charge is 0.361 e. The summed E-state index contributed by atoms with van der Waals surface area (Å²) in [7, 11) is -9.48. The van der Waals surface area contributed by atoms with Gasteiger partial charge in [-0.05, 0) is 54.1 Å². The highest BCUT2D eigenvalue weighted by Gasteiger charge is 2.21. The summed E-state index contributed by atoms with van der Waals surface area (Å²) in [5, 5.41) is 0. The fourth-order valence-electron chi connectivity index (χ4n) is 4.29. The Labute approximate surface area is 254 Å². The van der Waals surface area contributed by atoms with Crippen molar-refractivity contribution in [1.82, 2.24) is 4.98 Å². The second-order valence-electron chi connectivity index (χ2n) is 9.27. The van der Waals surface area contributed by atoms with E-state index in [2.05, 4.69) is 4.98 Å². The first-order chi connectivity index (χ1) is 20.9. The maximum atomic E-state index is 11.4. The molecule has 2 aromatic heterocycles. The number of hydrogen-bond donors (Lipinski definition) is 0. The molecule has 10 nitrogen and oxygen atoms in total. The summed E-state index contributed by atoms with van der Waals surface area (Å²) in [6, 6.07) is 37.0. The second kappa shape index (κ2) is 12.9. The Morgan fingerprint density at radius 3 is 1.55 bits per heavy atom. The molecule has 0 saturated heterocycles. The summed E-state index contributed by atoms with van der Waals surface area (Å²) < 4.78 is 80.4. The van der Waals surface area contributed by atoms with Crippen molar-refractivity contribution in [3.05, 3.63) is 128 Å². The minimum Gasteiger partial charge on any atom is -0.744 e. The molecule has 0 aliphatic carbocycles. The van der Waals surface area contributed by atoms with Crippen LogP contribution in [0.4, 0.5) is 0 Å². The molecule has 6 rings (SSSR count). The lowest BCUT2D eigenvalue weighted by Crippen LogP contribution is -2.68. The molecule has 0 bridgehead atoms. The van der Waals surface area contributed by atoms with Crippen LogP contribution >= 0.6 is 0 Å².